The third-order valence-electron chi connectivity index (χ3n) is 4.81. The van der Waals surface area contributed by atoms with Crippen LogP contribution >= 0.6 is 0 Å². The number of aryl methyl sites for hydroxylation is 1. The first-order valence-electron chi connectivity index (χ1n) is 8.04. The molecule has 2 aromatic rings. The van der Waals surface area contributed by atoms with E-state index in [1.54, 1.807) is 46.6 Å². The third kappa shape index (κ3) is 2.89. The smallest absolute Gasteiger partial charge is 0.268 e. The van der Waals surface area contributed by atoms with Crippen molar-refractivity contribution < 1.29 is 9.59 Å². The fourth-order valence-corrected chi connectivity index (χ4v) is 3.36. The number of hydrogen-bond acceptors (Lipinski definition) is 4. The highest BCUT2D eigenvalue weighted by Gasteiger charge is 2.37. The van der Waals surface area contributed by atoms with Crippen LogP contribution in [0.2, 0.25) is 0 Å². The zero-order chi connectivity index (χ0) is 18.1. The summed E-state index contributed by atoms with van der Waals surface area (Å²) in [6, 6.07) is 6.63. The van der Waals surface area contributed by atoms with Gasteiger partial charge in [0.2, 0.25) is 5.91 Å². The molecule has 0 bridgehead atoms. The molecule has 25 heavy (non-hydrogen) atoms. The number of piperidine rings is 1. The predicted molar refractivity (Wildman–Crippen MR) is 89.3 cm³/mol. The van der Waals surface area contributed by atoms with Gasteiger partial charge in [0, 0.05) is 33.8 Å². The van der Waals surface area contributed by atoms with Gasteiger partial charge in [-0.2, -0.15) is 10.4 Å². The van der Waals surface area contributed by atoms with Crippen molar-refractivity contribution in [1.29, 1.82) is 5.26 Å². The number of likely N-dealkylation sites (tertiary alicyclic amines) is 1. The lowest BCUT2D eigenvalue weighted by molar-refractivity contribution is -0.136. The molecule has 0 spiro atoms. The number of likely N-dealkylation sites (N-methyl/N-ethyl adjacent to an activating group) is 1. The molecule has 2 aromatic heterocycles. The van der Waals surface area contributed by atoms with E-state index in [-0.39, 0.29) is 23.9 Å². The van der Waals surface area contributed by atoms with E-state index in [1.807, 2.05) is 19.2 Å². The van der Waals surface area contributed by atoms with Gasteiger partial charge in [0.05, 0.1) is 17.8 Å². The lowest BCUT2D eigenvalue weighted by Crippen LogP contribution is -2.51. The van der Waals surface area contributed by atoms with E-state index in [0.717, 1.165) is 5.69 Å². The van der Waals surface area contributed by atoms with Crippen LogP contribution in [-0.4, -0.2) is 44.2 Å². The van der Waals surface area contributed by atoms with E-state index in [2.05, 4.69) is 10.4 Å². The van der Waals surface area contributed by atoms with Crippen molar-refractivity contribution in [2.75, 3.05) is 7.05 Å². The van der Waals surface area contributed by atoms with E-state index in [4.69, 9.17) is 5.26 Å². The summed E-state index contributed by atoms with van der Waals surface area (Å²) in [6.45, 7) is 0. The van der Waals surface area contributed by atoms with Crippen LogP contribution in [0.3, 0.4) is 0 Å². The van der Waals surface area contributed by atoms with Crippen LogP contribution in [0, 0.1) is 11.3 Å². The molecule has 3 rings (SSSR count). The van der Waals surface area contributed by atoms with E-state index >= 15 is 0 Å². The minimum atomic E-state index is -0.284. The second-order valence-corrected chi connectivity index (χ2v) is 6.22. The molecule has 3 heterocycles. The molecular weight excluding hydrogens is 320 g/mol. The number of carbonyl (C=O) groups is 2. The topological polar surface area (TPSA) is 95.9 Å². The summed E-state index contributed by atoms with van der Waals surface area (Å²) >= 11 is 0. The van der Waals surface area contributed by atoms with Crippen LogP contribution in [0.5, 0.6) is 0 Å². The van der Waals surface area contributed by atoms with Gasteiger partial charge >= 0.3 is 0 Å². The highest BCUT2D eigenvalue weighted by molar-refractivity contribution is 5.93. The number of nitrogens with one attached hydrogen (secondary N) is 1. The molecule has 2 atom stereocenters. The average Bonchev–Trinajstić information content (AvgIpc) is 3.17. The minimum Gasteiger partial charge on any atom is -0.346 e. The standard InChI is InChI=1S/C17H20N6O2/c1-21-11(10-18)4-6-14(21)17(25)20-12-5-7-15(24)22(2)16(12)13-8-9-19-23(13)3/h4,6,8-9,12,16H,5,7H2,1-3H3,(H,20,25)/t12-,16-/m1/s1. The van der Waals surface area contributed by atoms with Gasteiger partial charge < -0.3 is 14.8 Å². The minimum absolute atomic E-state index is 0.0438. The summed E-state index contributed by atoms with van der Waals surface area (Å²) < 4.78 is 3.28. The van der Waals surface area contributed by atoms with E-state index < -0.39 is 0 Å². The largest absolute Gasteiger partial charge is 0.346 e. The molecule has 0 aliphatic carbocycles. The molecule has 0 aromatic carbocycles. The Morgan fingerprint density at radius 2 is 2.08 bits per heavy atom. The fourth-order valence-electron chi connectivity index (χ4n) is 3.36. The van der Waals surface area contributed by atoms with Crippen LogP contribution in [-0.2, 0) is 18.9 Å². The lowest BCUT2D eigenvalue weighted by Gasteiger charge is -2.39. The first-order chi connectivity index (χ1) is 11.9. The zero-order valence-corrected chi connectivity index (χ0v) is 14.4. The molecule has 0 unspecified atom stereocenters. The highest BCUT2D eigenvalue weighted by Crippen LogP contribution is 2.30. The highest BCUT2D eigenvalue weighted by atomic mass is 16.2. The summed E-state index contributed by atoms with van der Waals surface area (Å²) in [7, 11) is 5.24. The first kappa shape index (κ1) is 16.8. The van der Waals surface area contributed by atoms with E-state index in [1.165, 1.54) is 0 Å². The molecule has 2 amide bonds. The van der Waals surface area contributed by atoms with Gasteiger partial charge in [0.15, 0.2) is 0 Å². The Labute approximate surface area is 145 Å². The summed E-state index contributed by atoms with van der Waals surface area (Å²) in [5, 5.41) is 16.2. The molecule has 130 valence electrons. The van der Waals surface area contributed by atoms with E-state index in [0.29, 0.717) is 24.2 Å². The lowest BCUT2D eigenvalue weighted by atomic mass is 9.93. The van der Waals surface area contributed by atoms with Crippen molar-refractivity contribution in [3.8, 4) is 6.07 Å². The first-order valence-corrected chi connectivity index (χ1v) is 8.04. The normalized spacial score (nSPS) is 20.4. The van der Waals surface area contributed by atoms with E-state index in [9.17, 15) is 9.59 Å². The van der Waals surface area contributed by atoms with Crippen LogP contribution in [0.25, 0.3) is 0 Å². The Bertz CT molecular complexity index is 859. The van der Waals surface area contributed by atoms with Gasteiger partial charge in [-0.05, 0) is 24.6 Å². The van der Waals surface area contributed by atoms with Crippen molar-refractivity contribution in [1.82, 2.24) is 24.6 Å². The van der Waals surface area contributed by atoms with Gasteiger partial charge in [-0.15, -0.1) is 0 Å². The molecule has 8 heteroatoms. The molecule has 1 aliphatic heterocycles. The average molecular weight is 340 g/mol. The number of aromatic nitrogens is 3. The fraction of sp³-hybridized carbons (Fsp3) is 0.412. The number of nitriles is 1. The van der Waals surface area contributed by atoms with Crippen LogP contribution in [0.15, 0.2) is 24.4 Å². The van der Waals surface area contributed by atoms with Crippen molar-refractivity contribution in [3.63, 3.8) is 0 Å². The van der Waals surface area contributed by atoms with Gasteiger partial charge in [0.25, 0.3) is 5.91 Å². The number of nitrogens with zero attached hydrogens (tertiary/aromatic N) is 5. The Morgan fingerprint density at radius 1 is 1.32 bits per heavy atom. The maximum Gasteiger partial charge on any atom is 0.268 e. The molecule has 1 saturated heterocycles. The van der Waals surface area contributed by atoms with Crippen molar-refractivity contribution in [2.45, 2.75) is 24.9 Å². The monoisotopic (exact) mass is 340 g/mol. The summed E-state index contributed by atoms with van der Waals surface area (Å²) in [5.74, 6) is -0.216. The summed E-state index contributed by atoms with van der Waals surface area (Å²) in [5.41, 5.74) is 1.70. The van der Waals surface area contributed by atoms with Gasteiger partial charge in [-0.25, -0.2) is 0 Å². The van der Waals surface area contributed by atoms with Crippen LogP contribution < -0.4 is 5.32 Å². The molecule has 0 radical (unpaired) electrons. The molecule has 1 aliphatic rings. The number of hydrogen-bond donors (Lipinski definition) is 1. The van der Waals surface area contributed by atoms with Gasteiger partial charge in [-0.1, -0.05) is 0 Å². The Hall–Kier alpha value is -3.08. The third-order valence-corrected chi connectivity index (χ3v) is 4.81. The van der Waals surface area contributed by atoms with Gasteiger partial charge in [-0.3, -0.25) is 14.3 Å². The maximum absolute atomic E-state index is 12.7. The Kier molecular flexibility index (Phi) is 4.31. The van der Waals surface area contributed by atoms with Crippen molar-refractivity contribution in [3.05, 3.63) is 41.5 Å². The molecule has 8 nitrogen and oxygen atoms in total. The second-order valence-electron chi connectivity index (χ2n) is 6.22. The molecule has 0 saturated carbocycles. The number of rotatable bonds is 3. The molecule has 1 N–H and O–H groups in total. The second kappa shape index (κ2) is 6.43. The number of carbonyl (C=O) groups excluding carboxylic acids is 2. The Balaban J connectivity index is 1.87. The van der Waals surface area contributed by atoms with Gasteiger partial charge in [0.1, 0.15) is 17.5 Å². The SMILES string of the molecule is CN1C(=O)CC[C@@H](NC(=O)c2ccc(C#N)n2C)[C@@H]1c1ccnn1C. The van der Waals surface area contributed by atoms with Crippen molar-refractivity contribution >= 4 is 11.8 Å². The quantitative estimate of drug-likeness (QED) is 0.890. The van der Waals surface area contributed by atoms with Crippen LogP contribution in [0.1, 0.15) is 40.8 Å². The predicted octanol–water partition coefficient (Wildman–Crippen LogP) is 0.722. The summed E-state index contributed by atoms with van der Waals surface area (Å²) in [4.78, 5) is 26.5. The van der Waals surface area contributed by atoms with Crippen LogP contribution in [0.4, 0.5) is 0 Å². The van der Waals surface area contributed by atoms with Crippen molar-refractivity contribution in [2.24, 2.45) is 14.1 Å². The summed E-state index contributed by atoms with van der Waals surface area (Å²) in [6.07, 6.45) is 2.62. The molecule has 1 fully saturated rings. The maximum atomic E-state index is 12.7. The number of amides is 2. The Morgan fingerprint density at radius 3 is 2.68 bits per heavy atom. The molecular formula is C17H20N6O2. The zero-order valence-electron chi connectivity index (χ0n) is 14.4.